The van der Waals surface area contributed by atoms with Crippen molar-refractivity contribution in [2.45, 2.75) is 5.92 Å². The highest BCUT2D eigenvalue weighted by Crippen LogP contribution is 2.23. The third-order valence-electron chi connectivity index (χ3n) is 3.78. The van der Waals surface area contributed by atoms with Gasteiger partial charge in [0.05, 0.1) is 6.54 Å². The van der Waals surface area contributed by atoms with Crippen LogP contribution in [-0.2, 0) is 9.59 Å². The van der Waals surface area contributed by atoms with Gasteiger partial charge in [0.15, 0.2) is 0 Å². The van der Waals surface area contributed by atoms with Gasteiger partial charge in [0.1, 0.15) is 6.54 Å². The number of nitrogens with zero attached hydrogens (tertiary/aromatic N) is 1. The molecule has 0 heterocycles. The van der Waals surface area contributed by atoms with Crippen molar-refractivity contribution >= 4 is 18.0 Å². The maximum absolute atomic E-state index is 10.6. The zero-order chi connectivity index (χ0) is 20.9. The van der Waals surface area contributed by atoms with Gasteiger partial charge in [0, 0.05) is 19.5 Å². The Hall–Kier alpha value is -3.39. The maximum Gasteiger partial charge on any atom is 0.323 e. The first-order valence-electron chi connectivity index (χ1n) is 8.56. The van der Waals surface area contributed by atoms with Gasteiger partial charge in [-0.1, -0.05) is 60.7 Å². The van der Waals surface area contributed by atoms with Crippen molar-refractivity contribution in [1.82, 2.24) is 10.2 Å². The summed E-state index contributed by atoms with van der Waals surface area (Å²) in [7, 11) is 1.32. The van der Waals surface area contributed by atoms with Gasteiger partial charge >= 0.3 is 18.0 Å². The number of carboxylic acids is 2. The highest BCUT2D eigenvalue weighted by atomic mass is 16.4. The van der Waals surface area contributed by atoms with Gasteiger partial charge in [-0.05, 0) is 11.1 Å². The van der Waals surface area contributed by atoms with Crippen LogP contribution in [0, 0.1) is 0 Å². The number of urea groups is 1. The minimum Gasteiger partial charge on any atom is -0.480 e. The summed E-state index contributed by atoms with van der Waals surface area (Å²) in [6.45, 7) is 0.242. The van der Waals surface area contributed by atoms with Crippen LogP contribution in [0.25, 0.3) is 0 Å². The van der Waals surface area contributed by atoms with Crippen LogP contribution in [-0.4, -0.2) is 59.8 Å². The van der Waals surface area contributed by atoms with Crippen LogP contribution >= 0.6 is 0 Å². The van der Waals surface area contributed by atoms with Crippen molar-refractivity contribution in [2.24, 2.45) is 5.73 Å². The molecule has 0 bridgehead atoms. The predicted octanol–water partition coefficient (Wildman–Crippen LogP) is 1.57. The van der Waals surface area contributed by atoms with E-state index in [2.05, 4.69) is 29.6 Å². The molecule has 0 aliphatic heterocycles. The Balaban J connectivity index is 0.000000370. The zero-order valence-electron chi connectivity index (χ0n) is 15.6. The van der Waals surface area contributed by atoms with Crippen molar-refractivity contribution in [3.63, 3.8) is 0 Å². The molecular formula is C20H25N3O5. The molecule has 28 heavy (non-hydrogen) atoms. The van der Waals surface area contributed by atoms with Gasteiger partial charge in [-0.2, -0.15) is 0 Å². The summed E-state index contributed by atoms with van der Waals surface area (Å²) in [4.78, 5) is 31.5. The van der Waals surface area contributed by atoms with Gasteiger partial charge < -0.3 is 26.2 Å². The largest absolute Gasteiger partial charge is 0.480 e. The fourth-order valence-electron chi connectivity index (χ4n) is 2.40. The summed E-state index contributed by atoms with van der Waals surface area (Å²) < 4.78 is 0. The first-order chi connectivity index (χ1) is 13.3. The monoisotopic (exact) mass is 387 g/mol. The number of amides is 2. The smallest absolute Gasteiger partial charge is 0.323 e. The summed E-state index contributed by atoms with van der Waals surface area (Å²) in [5.74, 6) is -1.74. The van der Waals surface area contributed by atoms with Crippen molar-refractivity contribution in [3.05, 3.63) is 71.8 Å². The molecule has 0 spiro atoms. The van der Waals surface area contributed by atoms with Crippen molar-refractivity contribution in [3.8, 4) is 0 Å². The molecule has 0 aromatic heterocycles. The second kappa shape index (κ2) is 12.1. The lowest BCUT2D eigenvalue weighted by molar-refractivity contribution is -0.137. The number of primary amides is 1. The van der Waals surface area contributed by atoms with Crippen LogP contribution in [0.4, 0.5) is 4.79 Å². The van der Waals surface area contributed by atoms with Gasteiger partial charge in [0.25, 0.3) is 0 Å². The zero-order valence-corrected chi connectivity index (χ0v) is 15.6. The highest BCUT2D eigenvalue weighted by molar-refractivity contribution is 5.78. The van der Waals surface area contributed by atoms with Gasteiger partial charge in [-0.15, -0.1) is 0 Å². The normalized spacial score (nSPS) is 9.93. The molecule has 0 fully saturated rings. The molecule has 0 aliphatic rings. The standard InChI is InChI=1S/C16H17NO2.C4H8N2O3/c18-16(19)12-17-11-15(13-7-3-1-4-8-13)14-9-5-2-6-10-14;1-6(4(5)9)2-3(7)8/h1-10,15,17H,11-12H2,(H,18,19);2H2,1H3,(H2,5,9)(H,7,8). The van der Waals surface area contributed by atoms with Crippen LogP contribution < -0.4 is 11.1 Å². The number of carbonyl (C=O) groups excluding carboxylic acids is 1. The number of benzene rings is 2. The van der Waals surface area contributed by atoms with E-state index in [1.165, 1.54) is 18.2 Å². The summed E-state index contributed by atoms with van der Waals surface area (Å²) in [5, 5.41) is 19.8. The predicted molar refractivity (Wildman–Crippen MR) is 105 cm³/mol. The first-order valence-corrected chi connectivity index (χ1v) is 8.56. The number of hydrogen-bond donors (Lipinski definition) is 4. The van der Waals surface area contributed by atoms with E-state index < -0.39 is 18.0 Å². The Morgan fingerprint density at radius 2 is 1.39 bits per heavy atom. The lowest BCUT2D eigenvalue weighted by Gasteiger charge is -2.18. The molecule has 0 aliphatic carbocycles. The lowest BCUT2D eigenvalue weighted by Crippen LogP contribution is -2.35. The molecule has 5 N–H and O–H groups in total. The van der Waals surface area contributed by atoms with Crippen LogP contribution in [0.15, 0.2) is 60.7 Å². The van der Waals surface area contributed by atoms with E-state index in [9.17, 15) is 14.4 Å². The molecule has 8 nitrogen and oxygen atoms in total. The Kier molecular flexibility index (Phi) is 9.77. The number of carboxylic acid groups (broad SMARTS) is 2. The molecule has 0 saturated heterocycles. The molecule has 2 rings (SSSR count). The Morgan fingerprint density at radius 1 is 0.929 bits per heavy atom. The average Bonchev–Trinajstić information content (AvgIpc) is 2.66. The summed E-state index contributed by atoms with van der Waals surface area (Å²) in [6, 6.07) is 19.5. The van der Waals surface area contributed by atoms with E-state index in [0.717, 1.165) is 4.90 Å². The SMILES string of the molecule is CN(CC(=O)O)C(N)=O.O=C(O)CNCC(c1ccccc1)c1ccccc1. The van der Waals surface area contributed by atoms with Crippen LogP contribution in [0.1, 0.15) is 17.0 Å². The molecule has 8 heteroatoms. The fraction of sp³-hybridized carbons (Fsp3) is 0.250. The third-order valence-corrected chi connectivity index (χ3v) is 3.78. The molecule has 150 valence electrons. The number of rotatable bonds is 8. The number of hydrogen-bond acceptors (Lipinski definition) is 4. The van der Waals surface area contributed by atoms with E-state index in [-0.39, 0.29) is 19.0 Å². The van der Waals surface area contributed by atoms with E-state index >= 15 is 0 Å². The van der Waals surface area contributed by atoms with Crippen molar-refractivity contribution < 1.29 is 24.6 Å². The summed E-state index contributed by atoms with van der Waals surface area (Å²) >= 11 is 0. The van der Waals surface area contributed by atoms with Crippen LogP contribution in [0.3, 0.4) is 0 Å². The number of nitrogens with two attached hydrogens (primary N) is 1. The molecule has 0 radical (unpaired) electrons. The number of likely N-dealkylation sites (N-methyl/N-ethyl adjacent to an activating group) is 1. The number of nitrogens with one attached hydrogen (secondary N) is 1. The number of carbonyl (C=O) groups is 3. The Morgan fingerprint density at radius 3 is 1.71 bits per heavy atom. The third kappa shape index (κ3) is 8.81. The topological polar surface area (TPSA) is 133 Å². The molecule has 2 amide bonds. The Labute approximate surface area is 163 Å². The summed E-state index contributed by atoms with van der Waals surface area (Å²) in [6.07, 6.45) is 0. The van der Waals surface area contributed by atoms with Gasteiger partial charge in [0.2, 0.25) is 0 Å². The van der Waals surface area contributed by atoms with Crippen molar-refractivity contribution in [2.75, 3.05) is 26.7 Å². The summed E-state index contributed by atoms with van der Waals surface area (Å²) in [5.41, 5.74) is 7.08. The average molecular weight is 387 g/mol. The maximum atomic E-state index is 10.6. The molecule has 0 atom stereocenters. The molecular weight excluding hydrogens is 362 g/mol. The van der Waals surface area contributed by atoms with Gasteiger partial charge in [-0.25, -0.2) is 4.79 Å². The van der Waals surface area contributed by atoms with Crippen LogP contribution in [0.5, 0.6) is 0 Å². The lowest BCUT2D eigenvalue weighted by atomic mass is 9.91. The highest BCUT2D eigenvalue weighted by Gasteiger charge is 2.13. The quantitative estimate of drug-likeness (QED) is 0.543. The van der Waals surface area contributed by atoms with E-state index in [1.54, 1.807) is 0 Å². The second-order valence-corrected chi connectivity index (χ2v) is 5.99. The molecule has 0 unspecified atom stereocenters. The molecule has 0 saturated carbocycles. The fourth-order valence-corrected chi connectivity index (χ4v) is 2.40. The first kappa shape index (κ1) is 22.7. The molecule has 2 aromatic rings. The minimum absolute atomic E-state index is 0.0177. The second-order valence-electron chi connectivity index (χ2n) is 5.99. The van der Waals surface area contributed by atoms with Crippen LogP contribution in [0.2, 0.25) is 0 Å². The van der Waals surface area contributed by atoms with Gasteiger partial charge in [-0.3, -0.25) is 9.59 Å². The minimum atomic E-state index is -1.07. The van der Waals surface area contributed by atoms with E-state index in [4.69, 9.17) is 15.9 Å². The van der Waals surface area contributed by atoms with E-state index in [1.807, 2.05) is 36.4 Å². The number of aliphatic carboxylic acids is 2. The Bertz CT molecular complexity index is 713. The molecule has 2 aromatic carbocycles. The van der Waals surface area contributed by atoms with E-state index in [0.29, 0.717) is 6.54 Å². The van der Waals surface area contributed by atoms with Crippen molar-refractivity contribution in [1.29, 1.82) is 0 Å².